The van der Waals surface area contributed by atoms with Crippen LogP contribution in [0.4, 0.5) is 0 Å². The Labute approximate surface area is 95.3 Å². The lowest BCUT2D eigenvalue weighted by Crippen LogP contribution is -2.36. The van der Waals surface area contributed by atoms with Gasteiger partial charge in [-0.1, -0.05) is 0 Å². The maximum atomic E-state index is 11.5. The van der Waals surface area contributed by atoms with Crippen LogP contribution >= 0.6 is 0 Å². The van der Waals surface area contributed by atoms with Gasteiger partial charge in [-0.25, -0.2) is 4.79 Å². The van der Waals surface area contributed by atoms with Crippen LogP contribution in [0.5, 0.6) is 0 Å². The van der Waals surface area contributed by atoms with E-state index in [0.717, 1.165) is 4.57 Å². The summed E-state index contributed by atoms with van der Waals surface area (Å²) in [6.45, 7) is -0.177. The maximum Gasteiger partial charge on any atom is 0.330 e. The molecule has 0 spiro atoms. The molecule has 0 bridgehead atoms. The Hall–Kier alpha value is -1.44. The third kappa shape index (κ3) is 1.40. The first kappa shape index (κ1) is 10.7. The van der Waals surface area contributed by atoms with Gasteiger partial charge < -0.3 is 14.9 Å². The molecule has 2 fully saturated rings. The summed E-state index contributed by atoms with van der Waals surface area (Å²) < 4.78 is 6.67. The summed E-state index contributed by atoms with van der Waals surface area (Å²) in [4.78, 5) is 24.6. The van der Waals surface area contributed by atoms with E-state index in [2.05, 4.69) is 4.98 Å². The molecular formula is C10H12N2O5. The van der Waals surface area contributed by atoms with Crippen LogP contribution in [0.2, 0.25) is 0 Å². The van der Waals surface area contributed by atoms with Gasteiger partial charge in [0.1, 0.15) is 6.10 Å². The monoisotopic (exact) mass is 240 g/mol. The molecule has 1 saturated heterocycles. The zero-order chi connectivity index (χ0) is 12.2. The number of nitrogens with zero attached hydrogens (tertiary/aromatic N) is 1. The lowest BCUT2D eigenvalue weighted by molar-refractivity contribution is -0.0927. The topological polar surface area (TPSA) is 105 Å². The van der Waals surface area contributed by atoms with E-state index in [-0.39, 0.29) is 12.5 Å². The second-order valence-electron chi connectivity index (χ2n) is 4.55. The molecule has 2 heterocycles. The van der Waals surface area contributed by atoms with Gasteiger partial charge in [0.25, 0.3) is 5.56 Å². The number of fused-ring (bicyclic) bond motifs is 1. The maximum absolute atomic E-state index is 11.5. The first-order valence-electron chi connectivity index (χ1n) is 5.36. The van der Waals surface area contributed by atoms with E-state index in [9.17, 15) is 19.8 Å². The van der Waals surface area contributed by atoms with Gasteiger partial charge in [-0.2, -0.15) is 0 Å². The Bertz CT molecular complexity index is 564. The number of aromatic nitrogens is 2. The fourth-order valence-corrected chi connectivity index (χ4v) is 2.46. The number of nitrogens with one attached hydrogen (secondary N) is 1. The van der Waals surface area contributed by atoms with E-state index in [1.165, 1.54) is 12.3 Å². The predicted molar refractivity (Wildman–Crippen MR) is 55.4 cm³/mol. The molecule has 2 aliphatic rings. The molecule has 0 aromatic carbocycles. The summed E-state index contributed by atoms with van der Waals surface area (Å²) in [6, 6.07) is 1.19. The highest BCUT2D eigenvalue weighted by molar-refractivity contribution is 5.14. The van der Waals surface area contributed by atoms with Crippen molar-refractivity contribution in [2.24, 2.45) is 5.92 Å². The first-order valence-corrected chi connectivity index (χ1v) is 5.36. The van der Waals surface area contributed by atoms with Crippen LogP contribution in [0.15, 0.2) is 21.9 Å². The Kier molecular flexibility index (Phi) is 2.07. The van der Waals surface area contributed by atoms with Crippen molar-refractivity contribution in [1.82, 2.24) is 9.55 Å². The highest BCUT2D eigenvalue weighted by Gasteiger charge is 2.67. The van der Waals surface area contributed by atoms with Crippen LogP contribution in [0, 0.1) is 5.92 Å². The lowest BCUT2D eigenvalue weighted by Gasteiger charge is -2.21. The molecule has 0 unspecified atom stereocenters. The van der Waals surface area contributed by atoms with Gasteiger partial charge in [0.05, 0.1) is 12.2 Å². The van der Waals surface area contributed by atoms with Crippen LogP contribution in [-0.2, 0) is 4.74 Å². The highest BCUT2D eigenvalue weighted by Crippen LogP contribution is 2.58. The molecule has 0 amide bonds. The zero-order valence-corrected chi connectivity index (χ0v) is 8.87. The number of aromatic amines is 1. The minimum atomic E-state index is -0.842. The average molecular weight is 240 g/mol. The number of hydrogen-bond acceptors (Lipinski definition) is 5. The Balaban J connectivity index is 1.96. The summed E-state index contributed by atoms with van der Waals surface area (Å²) in [5.41, 5.74) is -1.84. The van der Waals surface area contributed by atoms with Crippen LogP contribution in [0.25, 0.3) is 0 Å². The largest absolute Gasteiger partial charge is 0.393 e. The zero-order valence-electron chi connectivity index (χ0n) is 8.87. The van der Waals surface area contributed by atoms with E-state index in [4.69, 9.17) is 4.74 Å². The molecule has 1 aromatic heterocycles. The molecule has 7 nitrogen and oxygen atoms in total. The van der Waals surface area contributed by atoms with Crippen molar-refractivity contribution >= 4 is 0 Å². The van der Waals surface area contributed by atoms with Gasteiger partial charge >= 0.3 is 5.69 Å². The molecular weight excluding hydrogens is 228 g/mol. The second kappa shape index (κ2) is 3.28. The first-order chi connectivity index (χ1) is 8.07. The van der Waals surface area contributed by atoms with Crippen LogP contribution < -0.4 is 11.2 Å². The fourth-order valence-electron chi connectivity index (χ4n) is 2.46. The van der Waals surface area contributed by atoms with Gasteiger partial charge in [-0.05, 0) is 6.42 Å². The highest BCUT2D eigenvalue weighted by atomic mass is 16.6. The van der Waals surface area contributed by atoms with E-state index in [1.807, 2.05) is 0 Å². The fraction of sp³-hybridized carbons (Fsp3) is 0.600. The van der Waals surface area contributed by atoms with Crippen LogP contribution in [0.1, 0.15) is 12.6 Å². The number of aliphatic hydroxyl groups is 2. The molecule has 0 radical (unpaired) electrons. The van der Waals surface area contributed by atoms with Crippen molar-refractivity contribution in [3.63, 3.8) is 0 Å². The van der Waals surface area contributed by atoms with E-state index < -0.39 is 29.2 Å². The SMILES string of the molecule is O=c1ccn([C@@H]2O[C@@]3(CO)C[C@H]3[C@H]2O)c(=O)[nH]1. The van der Waals surface area contributed by atoms with Crippen molar-refractivity contribution in [3.8, 4) is 0 Å². The molecule has 4 atom stereocenters. The number of H-pyrrole nitrogens is 1. The third-order valence-electron chi connectivity index (χ3n) is 3.53. The summed E-state index contributed by atoms with van der Waals surface area (Å²) in [7, 11) is 0. The van der Waals surface area contributed by atoms with Crippen molar-refractivity contribution < 1.29 is 14.9 Å². The molecule has 1 aliphatic carbocycles. The number of hydrogen-bond donors (Lipinski definition) is 3. The number of aliphatic hydroxyl groups excluding tert-OH is 2. The molecule has 92 valence electrons. The van der Waals surface area contributed by atoms with Gasteiger partial charge in [-0.15, -0.1) is 0 Å². The Morgan fingerprint density at radius 1 is 1.59 bits per heavy atom. The summed E-state index contributed by atoms with van der Waals surface area (Å²) in [5, 5.41) is 19.1. The Morgan fingerprint density at radius 2 is 2.35 bits per heavy atom. The lowest BCUT2D eigenvalue weighted by atomic mass is 10.2. The summed E-state index contributed by atoms with van der Waals surface area (Å²) >= 11 is 0. The molecule has 1 aliphatic heterocycles. The van der Waals surface area contributed by atoms with Gasteiger partial charge in [-0.3, -0.25) is 14.3 Å². The molecule has 7 heteroatoms. The van der Waals surface area contributed by atoms with Gasteiger partial charge in [0, 0.05) is 18.2 Å². The van der Waals surface area contributed by atoms with Crippen molar-refractivity contribution in [3.05, 3.63) is 33.1 Å². The van der Waals surface area contributed by atoms with Crippen LogP contribution in [0.3, 0.4) is 0 Å². The van der Waals surface area contributed by atoms with Gasteiger partial charge in [0.2, 0.25) is 0 Å². The van der Waals surface area contributed by atoms with Gasteiger partial charge in [0.15, 0.2) is 6.23 Å². The minimum absolute atomic E-state index is 0.142. The number of ether oxygens (including phenoxy) is 1. The van der Waals surface area contributed by atoms with E-state index >= 15 is 0 Å². The quantitative estimate of drug-likeness (QED) is 0.564. The molecule has 17 heavy (non-hydrogen) atoms. The number of rotatable bonds is 2. The molecule has 1 aromatic rings. The average Bonchev–Trinajstić information content (AvgIpc) is 2.95. The van der Waals surface area contributed by atoms with E-state index in [0.29, 0.717) is 6.42 Å². The molecule has 3 N–H and O–H groups in total. The van der Waals surface area contributed by atoms with E-state index in [1.54, 1.807) is 0 Å². The molecule has 3 rings (SSSR count). The smallest absolute Gasteiger partial charge is 0.330 e. The van der Waals surface area contributed by atoms with Crippen molar-refractivity contribution in [1.29, 1.82) is 0 Å². The Morgan fingerprint density at radius 3 is 2.94 bits per heavy atom. The van der Waals surface area contributed by atoms with Crippen LogP contribution in [-0.4, -0.2) is 38.1 Å². The predicted octanol–water partition coefficient (Wildman–Crippen LogP) is -1.82. The second-order valence-corrected chi connectivity index (χ2v) is 4.55. The molecule has 1 saturated carbocycles. The van der Waals surface area contributed by atoms with Crippen molar-refractivity contribution in [2.75, 3.05) is 6.61 Å². The standard InChI is InChI=1S/C10H12N2O5/c13-4-10-3-5(10)7(15)8(17-10)12-2-1-6(14)11-9(12)16/h1-2,5,7-8,13,15H,3-4H2,(H,11,14,16)/t5-,7+,8+,10+/m0/s1. The minimum Gasteiger partial charge on any atom is -0.393 e. The normalized spacial score (nSPS) is 39.1. The third-order valence-corrected chi connectivity index (χ3v) is 3.53. The summed E-state index contributed by atoms with van der Waals surface area (Å²) in [5.74, 6) is -0.142. The summed E-state index contributed by atoms with van der Waals surface area (Å²) in [6.07, 6.45) is 0.195. The van der Waals surface area contributed by atoms with Crippen molar-refractivity contribution in [2.45, 2.75) is 24.4 Å².